The summed E-state index contributed by atoms with van der Waals surface area (Å²) in [5.41, 5.74) is 1.04. The van der Waals surface area contributed by atoms with Crippen LogP contribution in [0.5, 0.6) is 5.75 Å². The summed E-state index contributed by atoms with van der Waals surface area (Å²) in [4.78, 5) is 41.6. The maximum Gasteiger partial charge on any atom is 0.332 e. The number of carbonyl (C=O) groups is 3. The van der Waals surface area contributed by atoms with Crippen LogP contribution in [-0.4, -0.2) is 35.4 Å². The lowest BCUT2D eigenvalue weighted by Gasteiger charge is -2.20. The van der Waals surface area contributed by atoms with Gasteiger partial charge in [0.05, 0.1) is 31.5 Å². The molecule has 0 spiro atoms. The molecule has 4 rings (SSSR count). The molecule has 32 heavy (non-hydrogen) atoms. The second-order valence-electron chi connectivity index (χ2n) is 7.22. The van der Waals surface area contributed by atoms with Crippen molar-refractivity contribution in [2.45, 2.75) is 25.9 Å². The molecule has 1 fully saturated rings. The first-order chi connectivity index (χ1) is 15.6. The van der Waals surface area contributed by atoms with Crippen LogP contribution in [0, 0.1) is 0 Å². The van der Waals surface area contributed by atoms with Crippen LogP contribution in [0.2, 0.25) is 0 Å². The van der Waals surface area contributed by atoms with Gasteiger partial charge in [-0.25, -0.2) is 9.69 Å². The number of nitrogens with one attached hydrogen (secondary N) is 1. The van der Waals surface area contributed by atoms with E-state index in [0.717, 1.165) is 4.90 Å². The Morgan fingerprint density at radius 3 is 2.44 bits per heavy atom. The number of hydrogen-bond acceptors (Lipinski definition) is 5. The number of anilines is 2. The lowest BCUT2D eigenvalue weighted by molar-refractivity contribution is -0.124. The summed E-state index contributed by atoms with van der Waals surface area (Å²) in [6, 6.07) is 17.6. The largest absolute Gasteiger partial charge is 0.494 e. The predicted molar refractivity (Wildman–Crippen MR) is 118 cm³/mol. The number of para-hydroxylation sites is 1. The summed E-state index contributed by atoms with van der Waals surface area (Å²) in [6.07, 6.45) is 1.32. The molecule has 0 saturated carbocycles. The van der Waals surface area contributed by atoms with Crippen molar-refractivity contribution in [3.63, 3.8) is 0 Å². The van der Waals surface area contributed by atoms with Crippen LogP contribution in [0.3, 0.4) is 0 Å². The monoisotopic (exact) mass is 433 g/mol. The topological polar surface area (TPSA) is 92.1 Å². The Bertz CT molecular complexity index is 1080. The van der Waals surface area contributed by atoms with Gasteiger partial charge >= 0.3 is 6.03 Å². The van der Waals surface area contributed by atoms with Crippen LogP contribution in [-0.2, 0) is 16.1 Å². The van der Waals surface area contributed by atoms with Gasteiger partial charge in [-0.1, -0.05) is 18.2 Å². The van der Waals surface area contributed by atoms with E-state index in [2.05, 4.69) is 5.32 Å². The fourth-order valence-electron chi connectivity index (χ4n) is 3.59. The molecular weight excluding hydrogens is 410 g/mol. The normalized spacial score (nSPS) is 15.8. The maximum absolute atomic E-state index is 13.2. The summed E-state index contributed by atoms with van der Waals surface area (Å²) in [7, 11) is 0. The molecule has 164 valence electrons. The van der Waals surface area contributed by atoms with E-state index in [1.54, 1.807) is 66.7 Å². The average Bonchev–Trinajstić information content (AvgIpc) is 3.38. The number of amides is 4. The van der Waals surface area contributed by atoms with E-state index >= 15 is 0 Å². The lowest BCUT2D eigenvalue weighted by Crippen LogP contribution is -2.37. The second kappa shape index (κ2) is 9.38. The van der Waals surface area contributed by atoms with E-state index in [9.17, 15) is 14.4 Å². The van der Waals surface area contributed by atoms with E-state index in [-0.39, 0.29) is 18.9 Å². The maximum atomic E-state index is 13.2. The van der Waals surface area contributed by atoms with Crippen molar-refractivity contribution in [2.24, 2.45) is 0 Å². The van der Waals surface area contributed by atoms with E-state index in [1.165, 1.54) is 11.2 Å². The van der Waals surface area contributed by atoms with Crippen LogP contribution in [0.4, 0.5) is 16.2 Å². The quantitative estimate of drug-likeness (QED) is 0.541. The van der Waals surface area contributed by atoms with Crippen LogP contribution >= 0.6 is 0 Å². The summed E-state index contributed by atoms with van der Waals surface area (Å²) in [5.74, 6) is 0.400. The van der Waals surface area contributed by atoms with Gasteiger partial charge in [-0.3, -0.25) is 9.59 Å². The minimum Gasteiger partial charge on any atom is -0.494 e. The number of rotatable bonds is 8. The van der Waals surface area contributed by atoms with Crippen molar-refractivity contribution >= 4 is 29.2 Å². The Kier molecular flexibility index (Phi) is 6.21. The van der Waals surface area contributed by atoms with E-state index < -0.39 is 18.0 Å². The third kappa shape index (κ3) is 4.49. The van der Waals surface area contributed by atoms with Crippen molar-refractivity contribution in [2.75, 3.05) is 16.8 Å². The zero-order chi connectivity index (χ0) is 22.5. The van der Waals surface area contributed by atoms with E-state index in [4.69, 9.17) is 9.15 Å². The molecule has 4 amide bonds. The van der Waals surface area contributed by atoms with Crippen molar-refractivity contribution < 1.29 is 23.5 Å². The van der Waals surface area contributed by atoms with Gasteiger partial charge in [0.15, 0.2) is 0 Å². The smallest absolute Gasteiger partial charge is 0.332 e. The SMILES string of the molecule is CCOc1ccc(NC(=O)C[C@@H]2C(=O)N(c3ccccc3)C(=O)N2Cc2ccco2)cc1. The summed E-state index contributed by atoms with van der Waals surface area (Å²) < 4.78 is 10.8. The zero-order valence-corrected chi connectivity index (χ0v) is 17.6. The molecule has 8 nitrogen and oxygen atoms in total. The Hall–Kier alpha value is -4.07. The molecule has 2 heterocycles. The molecule has 1 aliphatic heterocycles. The van der Waals surface area contributed by atoms with Gasteiger partial charge in [0.1, 0.15) is 17.6 Å². The Balaban J connectivity index is 1.52. The van der Waals surface area contributed by atoms with Gasteiger partial charge in [-0.15, -0.1) is 0 Å². The number of furan rings is 1. The summed E-state index contributed by atoms with van der Waals surface area (Å²) >= 11 is 0. The van der Waals surface area contributed by atoms with Crippen molar-refractivity contribution in [3.05, 3.63) is 78.8 Å². The number of carbonyl (C=O) groups excluding carboxylic acids is 3. The molecular formula is C24H23N3O5. The third-order valence-electron chi connectivity index (χ3n) is 5.07. The minimum absolute atomic E-state index is 0.0852. The number of hydrogen-bond donors (Lipinski definition) is 1. The molecule has 0 unspecified atom stereocenters. The molecule has 1 atom stereocenters. The first-order valence-electron chi connectivity index (χ1n) is 10.3. The van der Waals surface area contributed by atoms with Gasteiger partial charge in [0.2, 0.25) is 5.91 Å². The Morgan fingerprint density at radius 2 is 1.78 bits per heavy atom. The van der Waals surface area contributed by atoms with Crippen molar-refractivity contribution in [3.8, 4) is 5.75 Å². The molecule has 8 heteroatoms. The first-order valence-corrected chi connectivity index (χ1v) is 10.3. The number of urea groups is 1. The highest BCUT2D eigenvalue weighted by Crippen LogP contribution is 2.28. The standard InChI is InChI=1S/C24H23N3O5/c1-2-31-19-12-10-17(11-13-19)25-22(28)15-21-23(29)27(18-7-4-3-5-8-18)24(30)26(21)16-20-9-6-14-32-20/h3-14,21H,2,15-16H2,1H3,(H,25,28)/t21-/m1/s1. The Labute approximate surface area is 185 Å². The molecule has 1 aliphatic rings. The molecule has 3 aromatic rings. The summed E-state index contributed by atoms with van der Waals surface area (Å²) in [5, 5.41) is 2.78. The van der Waals surface area contributed by atoms with Crippen LogP contribution in [0.15, 0.2) is 77.4 Å². The van der Waals surface area contributed by atoms with Crippen LogP contribution in [0.1, 0.15) is 19.1 Å². The summed E-state index contributed by atoms with van der Waals surface area (Å²) in [6.45, 7) is 2.53. The van der Waals surface area contributed by atoms with E-state index in [0.29, 0.717) is 29.5 Å². The minimum atomic E-state index is -0.949. The van der Waals surface area contributed by atoms with Gasteiger partial charge in [-0.05, 0) is 55.5 Å². The van der Waals surface area contributed by atoms with Crippen molar-refractivity contribution in [1.29, 1.82) is 0 Å². The lowest BCUT2D eigenvalue weighted by atomic mass is 10.1. The predicted octanol–water partition coefficient (Wildman–Crippen LogP) is 4.04. The number of ether oxygens (including phenoxy) is 1. The zero-order valence-electron chi connectivity index (χ0n) is 17.6. The highest BCUT2D eigenvalue weighted by molar-refractivity contribution is 6.22. The molecule has 1 N–H and O–H groups in total. The average molecular weight is 433 g/mol. The third-order valence-corrected chi connectivity index (χ3v) is 5.07. The van der Waals surface area contributed by atoms with Gasteiger partial charge in [-0.2, -0.15) is 0 Å². The Morgan fingerprint density at radius 1 is 1.03 bits per heavy atom. The van der Waals surface area contributed by atoms with Gasteiger partial charge in [0, 0.05) is 5.69 Å². The first kappa shape index (κ1) is 21.2. The molecule has 2 aromatic carbocycles. The number of nitrogens with zero attached hydrogens (tertiary/aromatic N) is 2. The molecule has 0 bridgehead atoms. The molecule has 1 saturated heterocycles. The van der Waals surface area contributed by atoms with Crippen molar-refractivity contribution in [1.82, 2.24) is 4.90 Å². The fourth-order valence-corrected chi connectivity index (χ4v) is 3.59. The highest BCUT2D eigenvalue weighted by atomic mass is 16.5. The number of benzene rings is 2. The van der Waals surface area contributed by atoms with Crippen LogP contribution in [0.25, 0.3) is 0 Å². The van der Waals surface area contributed by atoms with Gasteiger partial charge in [0.25, 0.3) is 5.91 Å². The second-order valence-corrected chi connectivity index (χ2v) is 7.22. The van der Waals surface area contributed by atoms with E-state index in [1.807, 2.05) is 6.92 Å². The molecule has 0 radical (unpaired) electrons. The fraction of sp³-hybridized carbons (Fsp3) is 0.208. The molecule has 0 aliphatic carbocycles. The number of imide groups is 1. The van der Waals surface area contributed by atoms with Crippen LogP contribution < -0.4 is 15.0 Å². The van der Waals surface area contributed by atoms with Gasteiger partial charge < -0.3 is 19.4 Å². The highest BCUT2D eigenvalue weighted by Gasteiger charge is 2.46. The molecule has 1 aromatic heterocycles.